The number of aromatic nitrogens is 3. The summed E-state index contributed by atoms with van der Waals surface area (Å²) < 4.78 is 7.29. The van der Waals surface area contributed by atoms with E-state index in [1.54, 1.807) is 6.20 Å². The number of thiophene rings is 1. The van der Waals surface area contributed by atoms with Crippen molar-refractivity contribution < 1.29 is 9.53 Å². The predicted molar refractivity (Wildman–Crippen MR) is 92.6 cm³/mol. The van der Waals surface area contributed by atoms with E-state index in [1.807, 2.05) is 40.9 Å². The van der Waals surface area contributed by atoms with Crippen LogP contribution in [0.5, 0.6) is 0 Å². The third kappa shape index (κ3) is 2.53. The smallest absolute Gasteiger partial charge is 0.264 e. The van der Waals surface area contributed by atoms with E-state index in [2.05, 4.69) is 15.3 Å². The highest BCUT2D eigenvalue weighted by Gasteiger charge is 2.21. The SMILES string of the molecule is CNc1nccn2c(-c3ccc(C(=O)N4CCOCC4)s3)cnc12. The van der Waals surface area contributed by atoms with Crippen molar-refractivity contribution in [3.05, 3.63) is 35.6 Å². The van der Waals surface area contributed by atoms with Crippen LogP contribution in [-0.4, -0.2) is 58.5 Å². The van der Waals surface area contributed by atoms with Crippen LogP contribution in [0.25, 0.3) is 16.2 Å². The van der Waals surface area contributed by atoms with Crippen LogP contribution >= 0.6 is 11.3 Å². The summed E-state index contributed by atoms with van der Waals surface area (Å²) in [6.45, 7) is 2.52. The molecular formula is C16H17N5O2S. The Morgan fingerprint density at radius 2 is 2.12 bits per heavy atom. The van der Waals surface area contributed by atoms with Crippen LogP contribution in [0.15, 0.2) is 30.7 Å². The monoisotopic (exact) mass is 343 g/mol. The summed E-state index contributed by atoms with van der Waals surface area (Å²) in [7, 11) is 1.82. The molecule has 1 saturated heterocycles. The van der Waals surface area contributed by atoms with Gasteiger partial charge in [0.05, 0.1) is 34.9 Å². The average Bonchev–Trinajstić information content (AvgIpc) is 3.28. The maximum Gasteiger partial charge on any atom is 0.264 e. The molecule has 1 aliphatic rings. The van der Waals surface area contributed by atoms with E-state index in [9.17, 15) is 4.79 Å². The zero-order valence-electron chi connectivity index (χ0n) is 13.2. The van der Waals surface area contributed by atoms with Crippen molar-refractivity contribution in [1.29, 1.82) is 0 Å². The fourth-order valence-electron chi connectivity index (χ4n) is 2.79. The van der Waals surface area contributed by atoms with E-state index in [4.69, 9.17) is 4.74 Å². The molecule has 124 valence electrons. The molecular weight excluding hydrogens is 326 g/mol. The fourth-order valence-corrected chi connectivity index (χ4v) is 3.77. The topological polar surface area (TPSA) is 71.8 Å². The van der Waals surface area contributed by atoms with Crippen molar-refractivity contribution in [1.82, 2.24) is 19.3 Å². The first kappa shape index (κ1) is 15.1. The minimum absolute atomic E-state index is 0.0703. The summed E-state index contributed by atoms with van der Waals surface area (Å²) in [6, 6.07) is 3.86. The highest BCUT2D eigenvalue weighted by molar-refractivity contribution is 7.17. The summed E-state index contributed by atoms with van der Waals surface area (Å²) in [5.41, 5.74) is 1.72. The van der Waals surface area contributed by atoms with Gasteiger partial charge in [0, 0.05) is 32.5 Å². The predicted octanol–water partition coefficient (Wildman–Crippen LogP) is 1.97. The number of carbonyl (C=O) groups is 1. The normalized spacial score (nSPS) is 15.0. The van der Waals surface area contributed by atoms with Gasteiger partial charge >= 0.3 is 0 Å². The van der Waals surface area contributed by atoms with E-state index in [-0.39, 0.29) is 5.91 Å². The molecule has 4 rings (SSSR count). The molecule has 4 heterocycles. The Bertz CT molecular complexity index is 882. The standard InChI is InChI=1S/C16H17N5O2S/c1-17-14-15-19-10-11(21(15)5-4-18-14)12-2-3-13(24-12)16(22)20-6-8-23-9-7-20/h2-5,10H,6-9H2,1H3,(H,17,18). The molecule has 0 saturated carbocycles. The zero-order chi connectivity index (χ0) is 16.5. The van der Waals surface area contributed by atoms with Gasteiger partial charge in [-0.05, 0) is 12.1 Å². The van der Waals surface area contributed by atoms with E-state index >= 15 is 0 Å². The lowest BCUT2D eigenvalue weighted by atomic mass is 10.3. The fraction of sp³-hybridized carbons (Fsp3) is 0.312. The number of imidazole rings is 1. The molecule has 1 aliphatic heterocycles. The lowest BCUT2D eigenvalue weighted by Gasteiger charge is -2.26. The van der Waals surface area contributed by atoms with Gasteiger partial charge in [-0.1, -0.05) is 0 Å². The molecule has 0 bridgehead atoms. The van der Waals surface area contributed by atoms with Gasteiger partial charge in [-0.3, -0.25) is 9.20 Å². The highest BCUT2D eigenvalue weighted by Crippen LogP contribution is 2.30. The molecule has 7 nitrogen and oxygen atoms in total. The van der Waals surface area contributed by atoms with Crippen molar-refractivity contribution in [3.63, 3.8) is 0 Å². The molecule has 3 aromatic heterocycles. The van der Waals surface area contributed by atoms with Crippen molar-refractivity contribution in [2.24, 2.45) is 0 Å². The Labute approximate surface area is 142 Å². The number of hydrogen-bond acceptors (Lipinski definition) is 6. The highest BCUT2D eigenvalue weighted by atomic mass is 32.1. The quantitative estimate of drug-likeness (QED) is 0.787. The lowest BCUT2D eigenvalue weighted by molar-refractivity contribution is 0.0306. The minimum atomic E-state index is 0.0703. The Hall–Kier alpha value is -2.45. The zero-order valence-corrected chi connectivity index (χ0v) is 14.0. The number of fused-ring (bicyclic) bond motifs is 1. The van der Waals surface area contributed by atoms with Crippen LogP contribution in [0.4, 0.5) is 5.82 Å². The third-order valence-electron chi connectivity index (χ3n) is 4.03. The molecule has 0 aliphatic carbocycles. The molecule has 1 N–H and O–H groups in total. The van der Waals surface area contributed by atoms with Crippen LogP contribution < -0.4 is 5.32 Å². The third-order valence-corrected chi connectivity index (χ3v) is 5.13. The number of morpholine rings is 1. The van der Waals surface area contributed by atoms with E-state index in [1.165, 1.54) is 11.3 Å². The first-order valence-electron chi connectivity index (χ1n) is 7.75. The number of amides is 1. The van der Waals surface area contributed by atoms with Crippen LogP contribution in [0.3, 0.4) is 0 Å². The van der Waals surface area contributed by atoms with Gasteiger partial charge in [0.2, 0.25) is 0 Å². The van der Waals surface area contributed by atoms with E-state index < -0.39 is 0 Å². The Balaban J connectivity index is 1.66. The van der Waals surface area contributed by atoms with Gasteiger partial charge in [0.1, 0.15) is 0 Å². The number of carbonyl (C=O) groups excluding carboxylic acids is 1. The van der Waals surface area contributed by atoms with Crippen LogP contribution in [0.1, 0.15) is 9.67 Å². The lowest BCUT2D eigenvalue weighted by Crippen LogP contribution is -2.40. The van der Waals surface area contributed by atoms with E-state index in [0.717, 1.165) is 26.9 Å². The van der Waals surface area contributed by atoms with Crippen molar-refractivity contribution >= 4 is 28.7 Å². The van der Waals surface area contributed by atoms with Crippen LogP contribution in [-0.2, 0) is 4.74 Å². The summed E-state index contributed by atoms with van der Waals surface area (Å²) in [6.07, 6.45) is 5.42. The molecule has 24 heavy (non-hydrogen) atoms. The molecule has 0 radical (unpaired) electrons. The van der Waals surface area contributed by atoms with Crippen molar-refractivity contribution in [3.8, 4) is 10.6 Å². The van der Waals surface area contributed by atoms with Crippen LogP contribution in [0, 0.1) is 0 Å². The second kappa shape index (κ2) is 6.21. The second-order valence-electron chi connectivity index (χ2n) is 5.43. The number of nitrogens with zero attached hydrogens (tertiary/aromatic N) is 4. The minimum Gasteiger partial charge on any atom is -0.378 e. The summed E-state index contributed by atoms with van der Waals surface area (Å²) in [5.74, 6) is 0.797. The molecule has 8 heteroatoms. The van der Waals surface area contributed by atoms with Gasteiger partial charge < -0.3 is 15.0 Å². The maximum absolute atomic E-state index is 12.6. The molecule has 0 unspecified atom stereocenters. The summed E-state index contributed by atoms with van der Waals surface area (Å²) >= 11 is 1.49. The molecule has 3 aromatic rings. The van der Waals surface area contributed by atoms with Gasteiger partial charge in [-0.15, -0.1) is 11.3 Å². The van der Waals surface area contributed by atoms with Crippen molar-refractivity contribution in [2.45, 2.75) is 0 Å². The molecule has 0 spiro atoms. The van der Waals surface area contributed by atoms with Gasteiger partial charge in [0.15, 0.2) is 11.5 Å². The Kier molecular flexibility index (Phi) is 3.91. The molecule has 1 fully saturated rings. The number of nitrogens with one attached hydrogen (secondary N) is 1. The number of ether oxygens (including phenoxy) is 1. The number of hydrogen-bond donors (Lipinski definition) is 1. The van der Waals surface area contributed by atoms with Gasteiger partial charge in [0.25, 0.3) is 5.91 Å². The first-order chi connectivity index (χ1) is 11.8. The average molecular weight is 343 g/mol. The second-order valence-corrected chi connectivity index (χ2v) is 6.52. The first-order valence-corrected chi connectivity index (χ1v) is 8.56. The van der Waals surface area contributed by atoms with Crippen molar-refractivity contribution in [2.75, 3.05) is 38.7 Å². The largest absolute Gasteiger partial charge is 0.378 e. The summed E-state index contributed by atoms with van der Waals surface area (Å²) in [4.78, 5) is 24.9. The Morgan fingerprint density at radius 1 is 1.29 bits per heavy atom. The molecule has 1 amide bonds. The molecule has 0 aromatic carbocycles. The Morgan fingerprint density at radius 3 is 2.92 bits per heavy atom. The van der Waals surface area contributed by atoms with E-state index in [0.29, 0.717) is 26.3 Å². The number of rotatable bonds is 3. The van der Waals surface area contributed by atoms with Gasteiger partial charge in [-0.2, -0.15) is 0 Å². The maximum atomic E-state index is 12.6. The summed E-state index contributed by atoms with van der Waals surface area (Å²) in [5, 5.41) is 3.04. The number of anilines is 1. The molecule has 0 atom stereocenters. The van der Waals surface area contributed by atoms with Crippen LogP contribution in [0.2, 0.25) is 0 Å². The van der Waals surface area contributed by atoms with Gasteiger partial charge in [-0.25, -0.2) is 9.97 Å².